The van der Waals surface area contributed by atoms with Gasteiger partial charge in [-0.25, -0.2) is 0 Å². The average molecular weight is 334 g/mol. The maximum Gasteiger partial charge on any atom is 0.389 e. The van der Waals surface area contributed by atoms with Gasteiger partial charge in [0.2, 0.25) is 0 Å². The molecule has 114 valence electrons. The Labute approximate surface area is 127 Å². The van der Waals surface area contributed by atoms with Gasteiger partial charge in [0, 0.05) is 17.8 Å². The van der Waals surface area contributed by atoms with E-state index in [1.807, 2.05) is 0 Å². The third kappa shape index (κ3) is 2.78. The molecule has 0 radical (unpaired) electrons. The summed E-state index contributed by atoms with van der Waals surface area (Å²) in [5.41, 5.74) is 0.797. The van der Waals surface area contributed by atoms with E-state index in [0.29, 0.717) is 5.39 Å². The number of hydrogen-bond acceptors (Lipinski definition) is 3. The Morgan fingerprint density at radius 2 is 2.10 bits per heavy atom. The summed E-state index contributed by atoms with van der Waals surface area (Å²) < 4.78 is 38.1. The number of nitrogens with zero attached hydrogens (tertiary/aromatic N) is 1. The number of thiophene rings is 1. The molecule has 21 heavy (non-hydrogen) atoms. The monoisotopic (exact) mass is 334 g/mol. The molecule has 0 atom stereocenters. The highest BCUT2D eigenvalue weighted by atomic mass is 32.1. The highest BCUT2D eigenvalue weighted by molar-refractivity contribution is 7.71. The Balaban J connectivity index is 1.99. The van der Waals surface area contributed by atoms with E-state index in [2.05, 4.69) is 4.98 Å². The van der Waals surface area contributed by atoms with Gasteiger partial charge in [-0.2, -0.15) is 13.2 Å². The second-order valence-electron chi connectivity index (χ2n) is 5.17. The molecule has 0 spiro atoms. The number of aromatic nitrogens is 2. The quantitative estimate of drug-likeness (QED) is 0.863. The zero-order valence-corrected chi connectivity index (χ0v) is 12.7. The molecule has 0 fully saturated rings. The molecule has 0 saturated carbocycles. The summed E-state index contributed by atoms with van der Waals surface area (Å²) >= 11 is 6.65. The highest BCUT2D eigenvalue weighted by Gasteiger charge is 2.26. The summed E-state index contributed by atoms with van der Waals surface area (Å²) in [6.07, 6.45) is -2.41. The SMILES string of the molecule is O=c1c2c3c(sc2[nH]c(=S)n1CCCC(F)(F)F)CCC3. The molecule has 2 aromatic rings. The van der Waals surface area contributed by atoms with Crippen molar-refractivity contribution in [2.45, 2.75) is 44.8 Å². The molecular formula is C13H13F3N2OS2. The van der Waals surface area contributed by atoms with Crippen molar-refractivity contribution in [3.8, 4) is 0 Å². The summed E-state index contributed by atoms with van der Waals surface area (Å²) in [6.45, 7) is -0.00572. The van der Waals surface area contributed by atoms with Gasteiger partial charge in [-0.15, -0.1) is 11.3 Å². The van der Waals surface area contributed by atoms with Gasteiger partial charge in [0.15, 0.2) is 4.77 Å². The molecule has 0 aromatic carbocycles. The first-order valence-electron chi connectivity index (χ1n) is 6.71. The van der Waals surface area contributed by atoms with E-state index in [1.165, 1.54) is 20.8 Å². The Bertz CT molecular complexity index is 801. The van der Waals surface area contributed by atoms with Crippen LogP contribution in [0.5, 0.6) is 0 Å². The minimum Gasteiger partial charge on any atom is -0.323 e. The first-order valence-corrected chi connectivity index (χ1v) is 7.93. The summed E-state index contributed by atoms with van der Waals surface area (Å²) in [6, 6.07) is 0. The molecule has 0 saturated heterocycles. The van der Waals surface area contributed by atoms with Crippen LogP contribution in [-0.4, -0.2) is 15.7 Å². The molecule has 0 bridgehead atoms. The largest absolute Gasteiger partial charge is 0.389 e. The molecule has 3 rings (SSSR count). The van der Waals surface area contributed by atoms with Crippen molar-refractivity contribution in [2.24, 2.45) is 0 Å². The van der Waals surface area contributed by atoms with E-state index < -0.39 is 12.6 Å². The highest BCUT2D eigenvalue weighted by Crippen LogP contribution is 2.34. The minimum atomic E-state index is -4.21. The predicted octanol–water partition coefficient (Wildman–Crippen LogP) is 3.95. The number of fused-ring (bicyclic) bond motifs is 3. The number of H-pyrrole nitrogens is 1. The average Bonchev–Trinajstić information content (AvgIpc) is 2.91. The lowest BCUT2D eigenvalue weighted by atomic mass is 10.2. The molecule has 0 aliphatic heterocycles. The maximum atomic E-state index is 12.5. The van der Waals surface area contributed by atoms with E-state index in [1.54, 1.807) is 0 Å². The molecule has 1 aliphatic carbocycles. The molecule has 3 nitrogen and oxygen atoms in total. The lowest BCUT2D eigenvalue weighted by Gasteiger charge is -2.09. The van der Waals surface area contributed by atoms with Crippen molar-refractivity contribution in [3.05, 3.63) is 25.6 Å². The van der Waals surface area contributed by atoms with Crippen molar-refractivity contribution in [2.75, 3.05) is 0 Å². The fraction of sp³-hybridized carbons (Fsp3) is 0.538. The summed E-state index contributed by atoms with van der Waals surface area (Å²) in [5, 5.41) is 0.619. The number of alkyl halides is 3. The second kappa shape index (κ2) is 5.24. The number of aromatic amines is 1. The molecule has 2 heterocycles. The fourth-order valence-corrected chi connectivity index (χ4v) is 4.37. The van der Waals surface area contributed by atoms with Crippen molar-refractivity contribution in [1.29, 1.82) is 0 Å². The molecule has 0 amide bonds. The maximum absolute atomic E-state index is 12.5. The number of hydrogen-bond donors (Lipinski definition) is 1. The van der Waals surface area contributed by atoms with Crippen molar-refractivity contribution in [1.82, 2.24) is 9.55 Å². The number of aryl methyl sites for hydroxylation is 2. The van der Waals surface area contributed by atoms with Crippen LogP contribution in [0.1, 0.15) is 29.7 Å². The van der Waals surface area contributed by atoms with Crippen LogP contribution in [0.2, 0.25) is 0 Å². The van der Waals surface area contributed by atoms with Crippen LogP contribution in [-0.2, 0) is 19.4 Å². The van der Waals surface area contributed by atoms with Gasteiger partial charge in [0.1, 0.15) is 4.83 Å². The van der Waals surface area contributed by atoms with Gasteiger partial charge in [0.25, 0.3) is 5.56 Å². The molecule has 2 aromatic heterocycles. The van der Waals surface area contributed by atoms with Gasteiger partial charge in [-0.3, -0.25) is 9.36 Å². The van der Waals surface area contributed by atoms with E-state index >= 15 is 0 Å². The van der Waals surface area contributed by atoms with Gasteiger partial charge < -0.3 is 4.98 Å². The van der Waals surface area contributed by atoms with Crippen LogP contribution in [0.15, 0.2) is 4.79 Å². The van der Waals surface area contributed by atoms with Gasteiger partial charge in [-0.05, 0) is 43.5 Å². The Morgan fingerprint density at radius 3 is 2.81 bits per heavy atom. The molecular weight excluding hydrogens is 321 g/mol. The third-order valence-corrected chi connectivity index (χ3v) is 5.22. The molecule has 0 unspecified atom stereocenters. The van der Waals surface area contributed by atoms with Crippen LogP contribution < -0.4 is 5.56 Å². The lowest BCUT2D eigenvalue weighted by Crippen LogP contribution is -2.23. The summed E-state index contributed by atoms with van der Waals surface area (Å²) in [5.74, 6) is 0. The number of nitrogens with one attached hydrogen (secondary N) is 1. The number of rotatable bonds is 3. The smallest absolute Gasteiger partial charge is 0.323 e. The van der Waals surface area contributed by atoms with Gasteiger partial charge in [-0.1, -0.05) is 0 Å². The van der Waals surface area contributed by atoms with Crippen LogP contribution in [0.3, 0.4) is 0 Å². The van der Waals surface area contributed by atoms with Crippen LogP contribution in [0.4, 0.5) is 13.2 Å². The molecule has 1 N–H and O–H groups in total. The third-order valence-electron chi connectivity index (χ3n) is 3.69. The topological polar surface area (TPSA) is 37.8 Å². The fourth-order valence-electron chi connectivity index (χ4n) is 2.75. The van der Waals surface area contributed by atoms with Gasteiger partial charge in [0.05, 0.1) is 5.39 Å². The normalized spacial score (nSPS) is 14.8. The standard InChI is InChI=1S/C13H13F3N2OS2/c14-13(15,16)5-2-6-18-11(19)9-7-3-1-4-8(7)21-10(9)17-12(18)20/h1-6H2,(H,17,20). The zero-order chi connectivity index (χ0) is 15.2. The minimum absolute atomic E-state index is 0.00572. The summed E-state index contributed by atoms with van der Waals surface area (Å²) in [4.78, 5) is 17.5. The molecule has 1 aliphatic rings. The van der Waals surface area contributed by atoms with E-state index in [4.69, 9.17) is 12.2 Å². The molecule has 8 heteroatoms. The Morgan fingerprint density at radius 1 is 1.33 bits per heavy atom. The lowest BCUT2D eigenvalue weighted by molar-refractivity contribution is -0.135. The predicted molar refractivity (Wildman–Crippen MR) is 78.6 cm³/mol. The van der Waals surface area contributed by atoms with Crippen molar-refractivity contribution >= 4 is 33.8 Å². The van der Waals surface area contributed by atoms with E-state index in [0.717, 1.165) is 29.7 Å². The first-order chi connectivity index (χ1) is 9.87. The second-order valence-corrected chi connectivity index (χ2v) is 6.66. The first kappa shape index (κ1) is 14.8. The van der Waals surface area contributed by atoms with Crippen molar-refractivity contribution < 1.29 is 13.2 Å². The Hall–Kier alpha value is -1.15. The number of halogens is 3. The van der Waals surface area contributed by atoms with Gasteiger partial charge >= 0.3 is 6.18 Å². The zero-order valence-electron chi connectivity index (χ0n) is 11.0. The van der Waals surface area contributed by atoms with Crippen LogP contribution >= 0.6 is 23.6 Å². The van der Waals surface area contributed by atoms with Crippen LogP contribution in [0.25, 0.3) is 10.2 Å². The van der Waals surface area contributed by atoms with Crippen LogP contribution in [0, 0.1) is 4.77 Å². The summed E-state index contributed by atoms with van der Waals surface area (Å²) in [7, 11) is 0. The van der Waals surface area contributed by atoms with Crippen molar-refractivity contribution in [3.63, 3.8) is 0 Å². The Kier molecular flexibility index (Phi) is 3.69. The van der Waals surface area contributed by atoms with E-state index in [-0.39, 0.29) is 23.3 Å². The van der Waals surface area contributed by atoms with E-state index in [9.17, 15) is 18.0 Å².